The smallest absolute Gasteiger partial charge is 0.416 e. The van der Waals surface area contributed by atoms with Gasteiger partial charge < -0.3 is 4.74 Å². The normalized spacial score (nSPS) is 15.1. The van der Waals surface area contributed by atoms with Crippen LogP contribution in [0, 0.1) is 5.82 Å². The Hall–Kier alpha value is -2.40. The Kier molecular flexibility index (Phi) is 5.34. The summed E-state index contributed by atoms with van der Waals surface area (Å²) in [5, 5.41) is 0.610. The average molecular weight is 362 g/mol. The topological polar surface area (TPSA) is 46.6 Å². The lowest BCUT2D eigenvalue weighted by Gasteiger charge is -2.19. The molecular weight excluding hydrogens is 345 g/mol. The van der Waals surface area contributed by atoms with Crippen LogP contribution in [0.25, 0.3) is 0 Å². The third-order valence-corrected chi connectivity index (χ3v) is 4.47. The van der Waals surface area contributed by atoms with Gasteiger partial charge in [-0.25, -0.2) is 14.1 Å². The lowest BCUT2D eigenvalue weighted by molar-refractivity contribution is -0.128. The van der Waals surface area contributed by atoms with Crippen molar-refractivity contribution in [3.8, 4) is 0 Å². The van der Waals surface area contributed by atoms with E-state index in [1.165, 1.54) is 12.1 Å². The number of carbonyl (C=O) groups excluding carboxylic acids is 2. The number of hydrogen-bond acceptors (Lipinski definition) is 3. The van der Waals surface area contributed by atoms with Gasteiger partial charge in [0, 0.05) is 11.4 Å². The lowest BCUT2D eigenvalue weighted by atomic mass is 9.89. The Balaban J connectivity index is 1.80. The molecule has 4 nitrogen and oxygen atoms in total. The van der Waals surface area contributed by atoms with Crippen molar-refractivity contribution >= 4 is 23.6 Å². The monoisotopic (exact) mass is 361 g/mol. The van der Waals surface area contributed by atoms with E-state index in [4.69, 9.17) is 16.3 Å². The highest BCUT2D eigenvalue weighted by Crippen LogP contribution is 2.27. The van der Waals surface area contributed by atoms with Crippen LogP contribution < -0.4 is 0 Å². The number of ether oxygens (including phenoxy) is 1. The molecule has 2 amide bonds. The predicted octanol–water partition coefficient (Wildman–Crippen LogP) is 4.17. The molecule has 1 aliphatic rings. The van der Waals surface area contributed by atoms with E-state index < -0.39 is 6.09 Å². The fourth-order valence-electron chi connectivity index (χ4n) is 2.89. The van der Waals surface area contributed by atoms with Crippen LogP contribution >= 0.6 is 11.6 Å². The number of amides is 2. The highest BCUT2D eigenvalue weighted by Gasteiger charge is 2.30. The molecule has 25 heavy (non-hydrogen) atoms. The van der Waals surface area contributed by atoms with Crippen LogP contribution in [0.5, 0.6) is 0 Å². The van der Waals surface area contributed by atoms with Crippen molar-refractivity contribution in [2.24, 2.45) is 0 Å². The summed E-state index contributed by atoms with van der Waals surface area (Å²) in [6, 6.07) is 13.5. The van der Waals surface area contributed by atoms with Crippen molar-refractivity contribution in [3.05, 3.63) is 70.5 Å². The highest BCUT2D eigenvalue weighted by molar-refractivity contribution is 6.30. The van der Waals surface area contributed by atoms with Crippen molar-refractivity contribution in [2.75, 3.05) is 13.2 Å². The molecule has 1 aliphatic heterocycles. The van der Waals surface area contributed by atoms with Crippen molar-refractivity contribution in [2.45, 2.75) is 18.8 Å². The molecule has 1 atom stereocenters. The van der Waals surface area contributed by atoms with Crippen molar-refractivity contribution in [1.82, 2.24) is 4.90 Å². The third kappa shape index (κ3) is 4.37. The quantitative estimate of drug-likeness (QED) is 0.802. The first kappa shape index (κ1) is 17.4. The second kappa shape index (κ2) is 7.66. The predicted molar refractivity (Wildman–Crippen MR) is 92.0 cm³/mol. The van der Waals surface area contributed by atoms with Gasteiger partial charge in [0.1, 0.15) is 12.4 Å². The molecule has 2 aromatic carbocycles. The molecular formula is C19H17ClFNO3. The number of imide groups is 1. The number of nitrogens with zero attached hydrogens (tertiary/aromatic N) is 1. The minimum absolute atomic E-state index is 0.149. The van der Waals surface area contributed by atoms with E-state index in [2.05, 4.69) is 0 Å². The summed E-state index contributed by atoms with van der Waals surface area (Å²) >= 11 is 5.94. The molecule has 3 rings (SSSR count). The van der Waals surface area contributed by atoms with Crippen LogP contribution in [0.2, 0.25) is 5.02 Å². The molecule has 6 heteroatoms. The summed E-state index contributed by atoms with van der Waals surface area (Å²) in [6.45, 7) is 0.510. The van der Waals surface area contributed by atoms with E-state index in [0.29, 0.717) is 11.4 Å². The molecule has 2 aromatic rings. The van der Waals surface area contributed by atoms with E-state index in [1.807, 2.05) is 12.1 Å². The second-order valence-electron chi connectivity index (χ2n) is 5.94. The van der Waals surface area contributed by atoms with Gasteiger partial charge in [0.2, 0.25) is 5.91 Å². The van der Waals surface area contributed by atoms with E-state index in [1.54, 1.807) is 24.3 Å². The minimum Gasteiger partial charge on any atom is -0.447 e. The molecule has 0 radical (unpaired) electrons. The van der Waals surface area contributed by atoms with Crippen molar-refractivity contribution in [3.63, 3.8) is 0 Å². The van der Waals surface area contributed by atoms with E-state index in [0.717, 1.165) is 16.0 Å². The lowest BCUT2D eigenvalue weighted by Crippen LogP contribution is -2.32. The van der Waals surface area contributed by atoms with Gasteiger partial charge in [-0.2, -0.15) is 0 Å². The van der Waals surface area contributed by atoms with Gasteiger partial charge in [-0.3, -0.25) is 4.79 Å². The van der Waals surface area contributed by atoms with Crippen LogP contribution in [0.3, 0.4) is 0 Å². The summed E-state index contributed by atoms with van der Waals surface area (Å²) in [6.07, 6.45) is 0.117. The summed E-state index contributed by atoms with van der Waals surface area (Å²) in [7, 11) is 0. The van der Waals surface area contributed by atoms with Gasteiger partial charge >= 0.3 is 6.09 Å². The zero-order chi connectivity index (χ0) is 17.8. The SMILES string of the molecule is O=C(C[C@@H](Cc1ccc(F)cc1)c1ccc(Cl)cc1)N1CCOC1=O. The fraction of sp³-hybridized carbons (Fsp3) is 0.263. The first-order valence-electron chi connectivity index (χ1n) is 8.00. The first-order chi connectivity index (χ1) is 12.0. The molecule has 1 heterocycles. The summed E-state index contributed by atoms with van der Waals surface area (Å²) < 4.78 is 18.0. The van der Waals surface area contributed by atoms with Crippen molar-refractivity contribution < 1.29 is 18.7 Å². The molecule has 1 fully saturated rings. The number of cyclic esters (lactones) is 1. The van der Waals surface area contributed by atoms with E-state index in [9.17, 15) is 14.0 Å². The molecule has 0 aromatic heterocycles. The Bertz CT molecular complexity index is 761. The summed E-state index contributed by atoms with van der Waals surface area (Å²) in [5.74, 6) is -0.726. The third-order valence-electron chi connectivity index (χ3n) is 4.22. The maximum atomic E-state index is 13.1. The number of halogens is 2. The molecule has 1 saturated heterocycles. The zero-order valence-electron chi connectivity index (χ0n) is 13.5. The van der Waals surface area contributed by atoms with Gasteiger partial charge in [-0.05, 0) is 47.7 Å². The Morgan fingerprint density at radius 2 is 1.84 bits per heavy atom. The van der Waals surface area contributed by atoms with Gasteiger partial charge in [0.25, 0.3) is 0 Å². The number of rotatable bonds is 5. The fourth-order valence-corrected chi connectivity index (χ4v) is 3.01. The molecule has 0 N–H and O–H groups in total. The number of carbonyl (C=O) groups is 2. The standard InChI is InChI=1S/C19H17ClFNO3/c20-16-5-3-14(4-6-16)15(11-13-1-7-17(21)8-2-13)12-18(23)22-9-10-25-19(22)24/h1-8,15H,9-12H2/t15-/m1/s1. The average Bonchev–Trinajstić information content (AvgIpc) is 3.03. The highest BCUT2D eigenvalue weighted by atomic mass is 35.5. The largest absolute Gasteiger partial charge is 0.447 e. The van der Waals surface area contributed by atoms with E-state index in [-0.39, 0.29) is 37.2 Å². The van der Waals surface area contributed by atoms with Gasteiger partial charge in [0.15, 0.2) is 0 Å². The first-order valence-corrected chi connectivity index (χ1v) is 8.38. The summed E-state index contributed by atoms with van der Waals surface area (Å²) in [5.41, 5.74) is 1.85. The molecule has 0 aliphatic carbocycles. The van der Waals surface area contributed by atoms with Gasteiger partial charge in [-0.1, -0.05) is 35.9 Å². The Morgan fingerprint density at radius 3 is 2.44 bits per heavy atom. The van der Waals surface area contributed by atoms with Crippen LogP contribution in [0.4, 0.5) is 9.18 Å². The Labute approximate surface area is 150 Å². The molecule has 0 spiro atoms. The zero-order valence-corrected chi connectivity index (χ0v) is 14.2. The maximum Gasteiger partial charge on any atom is 0.416 e. The van der Waals surface area contributed by atoms with E-state index >= 15 is 0 Å². The molecule has 0 saturated carbocycles. The van der Waals surface area contributed by atoms with Crippen molar-refractivity contribution in [1.29, 1.82) is 0 Å². The van der Waals surface area contributed by atoms with Crippen LogP contribution in [0.15, 0.2) is 48.5 Å². The maximum absolute atomic E-state index is 13.1. The van der Waals surface area contributed by atoms with Gasteiger partial charge in [-0.15, -0.1) is 0 Å². The molecule has 0 bridgehead atoms. The number of benzene rings is 2. The van der Waals surface area contributed by atoms with Crippen LogP contribution in [0.1, 0.15) is 23.5 Å². The second-order valence-corrected chi connectivity index (χ2v) is 6.38. The Morgan fingerprint density at radius 1 is 1.16 bits per heavy atom. The van der Waals surface area contributed by atoms with Gasteiger partial charge in [0.05, 0.1) is 6.54 Å². The number of hydrogen-bond donors (Lipinski definition) is 0. The molecule has 130 valence electrons. The minimum atomic E-state index is -0.596. The molecule has 0 unspecified atom stereocenters. The summed E-state index contributed by atoms with van der Waals surface area (Å²) in [4.78, 5) is 25.2. The van der Waals surface area contributed by atoms with Crippen LogP contribution in [-0.2, 0) is 16.0 Å². The van der Waals surface area contributed by atoms with Crippen LogP contribution in [-0.4, -0.2) is 30.1 Å².